The summed E-state index contributed by atoms with van der Waals surface area (Å²) in [5.74, 6) is 1.18. The summed E-state index contributed by atoms with van der Waals surface area (Å²) in [5, 5.41) is 0. The van der Waals surface area contributed by atoms with Crippen LogP contribution in [0, 0.1) is 6.92 Å². The van der Waals surface area contributed by atoms with E-state index in [9.17, 15) is 0 Å². The molecule has 5 nitrogen and oxygen atoms in total. The van der Waals surface area contributed by atoms with Gasteiger partial charge in [-0.15, -0.1) is 0 Å². The molecule has 2 heterocycles. The van der Waals surface area contributed by atoms with Gasteiger partial charge in [0.25, 0.3) is 0 Å². The predicted molar refractivity (Wildman–Crippen MR) is 61.9 cm³/mol. The smallest absolute Gasteiger partial charge is 0.227 e. The number of nitrogens with zero attached hydrogens (tertiary/aromatic N) is 3. The molecule has 0 unspecified atom stereocenters. The van der Waals surface area contributed by atoms with Crippen LogP contribution in [0.15, 0.2) is 4.47 Å². The van der Waals surface area contributed by atoms with Crippen LogP contribution in [0.3, 0.4) is 0 Å². The van der Waals surface area contributed by atoms with Gasteiger partial charge in [-0.05, 0) is 22.9 Å². The molecule has 1 fully saturated rings. The monoisotopic (exact) mass is 272 g/mol. The normalized spacial score (nSPS) is 16.8. The van der Waals surface area contributed by atoms with Crippen LogP contribution >= 0.6 is 15.9 Å². The average molecular weight is 273 g/mol. The van der Waals surface area contributed by atoms with Gasteiger partial charge < -0.3 is 15.4 Å². The van der Waals surface area contributed by atoms with Gasteiger partial charge >= 0.3 is 0 Å². The molecule has 2 N–H and O–H groups in total. The number of hydrogen-bond donors (Lipinski definition) is 1. The van der Waals surface area contributed by atoms with Crippen molar-refractivity contribution >= 4 is 27.7 Å². The van der Waals surface area contributed by atoms with E-state index >= 15 is 0 Å². The predicted octanol–water partition coefficient (Wildman–Crippen LogP) is 0.966. The number of ether oxygens (including phenoxy) is 1. The van der Waals surface area contributed by atoms with Gasteiger partial charge in [0.2, 0.25) is 5.95 Å². The van der Waals surface area contributed by atoms with E-state index in [0.29, 0.717) is 11.8 Å². The maximum atomic E-state index is 5.77. The van der Waals surface area contributed by atoms with E-state index < -0.39 is 0 Å². The van der Waals surface area contributed by atoms with Crippen LogP contribution in [0.4, 0.5) is 11.8 Å². The molecule has 0 aliphatic carbocycles. The van der Waals surface area contributed by atoms with E-state index in [1.54, 1.807) is 0 Å². The highest BCUT2D eigenvalue weighted by molar-refractivity contribution is 9.10. The number of anilines is 2. The second-order valence-corrected chi connectivity index (χ2v) is 4.20. The number of aromatic nitrogens is 2. The van der Waals surface area contributed by atoms with Gasteiger partial charge in [0.15, 0.2) is 0 Å². The van der Waals surface area contributed by atoms with Gasteiger partial charge in [-0.25, -0.2) is 4.98 Å². The van der Waals surface area contributed by atoms with Crippen molar-refractivity contribution in [2.75, 3.05) is 36.9 Å². The van der Waals surface area contributed by atoms with Gasteiger partial charge in [-0.2, -0.15) is 4.98 Å². The van der Waals surface area contributed by atoms with Crippen LogP contribution in [0.25, 0.3) is 0 Å². The summed E-state index contributed by atoms with van der Waals surface area (Å²) in [6.45, 7) is 4.99. The van der Waals surface area contributed by atoms with Crippen molar-refractivity contribution in [1.82, 2.24) is 9.97 Å². The maximum absolute atomic E-state index is 5.77. The topological polar surface area (TPSA) is 64.3 Å². The number of hydrogen-bond acceptors (Lipinski definition) is 5. The molecule has 0 amide bonds. The molecule has 1 aliphatic heterocycles. The third-order valence-corrected chi connectivity index (χ3v) is 3.30. The Morgan fingerprint density at radius 1 is 1.33 bits per heavy atom. The second kappa shape index (κ2) is 4.32. The molecular weight excluding hydrogens is 260 g/mol. The Labute approximate surface area is 96.8 Å². The van der Waals surface area contributed by atoms with Crippen molar-refractivity contribution in [2.45, 2.75) is 6.92 Å². The maximum Gasteiger partial charge on any atom is 0.227 e. The molecule has 1 aromatic rings. The summed E-state index contributed by atoms with van der Waals surface area (Å²) < 4.78 is 6.04. The Morgan fingerprint density at radius 2 is 2.00 bits per heavy atom. The highest BCUT2D eigenvalue weighted by Crippen LogP contribution is 2.23. The molecule has 1 saturated heterocycles. The first kappa shape index (κ1) is 10.6. The van der Waals surface area contributed by atoms with Crippen molar-refractivity contribution in [3.8, 4) is 0 Å². The third-order valence-electron chi connectivity index (χ3n) is 2.32. The minimum Gasteiger partial charge on any atom is -0.383 e. The lowest BCUT2D eigenvalue weighted by molar-refractivity contribution is 0.122. The van der Waals surface area contributed by atoms with Gasteiger partial charge in [0.1, 0.15) is 5.82 Å². The Hall–Kier alpha value is -0.880. The van der Waals surface area contributed by atoms with Crippen molar-refractivity contribution in [3.63, 3.8) is 0 Å². The van der Waals surface area contributed by atoms with Crippen molar-refractivity contribution in [1.29, 1.82) is 0 Å². The first-order valence-electron chi connectivity index (χ1n) is 4.81. The summed E-state index contributed by atoms with van der Waals surface area (Å²) in [6.07, 6.45) is 0. The minimum atomic E-state index is 0.490. The Kier molecular flexibility index (Phi) is 3.06. The van der Waals surface area contributed by atoms with Crippen LogP contribution in [0.1, 0.15) is 5.69 Å². The number of nitrogen functional groups attached to an aromatic ring is 1. The average Bonchev–Trinajstić information content (AvgIpc) is 2.26. The summed E-state index contributed by atoms with van der Waals surface area (Å²) in [7, 11) is 0. The molecular formula is C9H13BrN4O. The summed E-state index contributed by atoms with van der Waals surface area (Å²) in [5.41, 5.74) is 6.64. The van der Waals surface area contributed by atoms with E-state index in [2.05, 4.69) is 30.8 Å². The van der Waals surface area contributed by atoms with Crippen molar-refractivity contribution in [3.05, 3.63) is 10.2 Å². The molecule has 0 saturated carbocycles. The first-order chi connectivity index (χ1) is 7.18. The van der Waals surface area contributed by atoms with Crippen LogP contribution in [0.2, 0.25) is 0 Å². The molecule has 2 rings (SSSR count). The van der Waals surface area contributed by atoms with Crippen LogP contribution in [-0.4, -0.2) is 36.3 Å². The number of halogens is 1. The van der Waals surface area contributed by atoms with Crippen LogP contribution < -0.4 is 10.6 Å². The Balaban J connectivity index is 2.27. The molecule has 15 heavy (non-hydrogen) atoms. The largest absolute Gasteiger partial charge is 0.383 e. The van der Waals surface area contributed by atoms with Gasteiger partial charge in [-0.3, -0.25) is 0 Å². The number of aryl methyl sites for hydroxylation is 1. The molecule has 6 heteroatoms. The zero-order valence-electron chi connectivity index (χ0n) is 8.53. The lowest BCUT2D eigenvalue weighted by atomic mass is 10.4. The molecule has 0 spiro atoms. The van der Waals surface area contributed by atoms with Crippen LogP contribution in [-0.2, 0) is 4.74 Å². The zero-order chi connectivity index (χ0) is 10.8. The quantitative estimate of drug-likeness (QED) is 0.825. The van der Waals surface area contributed by atoms with E-state index in [1.165, 1.54) is 0 Å². The minimum absolute atomic E-state index is 0.490. The fraction of sp³-hybridized carbons (Fsp3) is 0.556. The zero-order valence-corrected chi connectivity index (χ0v) is 10.1. The molecule has 82 valence electrons. The summed E-state index contributed by atoms with van der Waals surface area (Å²) >= 11 is 3.34. The number of morpholine rings is 1. The first-order valence-corrected chi connectivity index (χ1v) is 5.60. The van der Waals surface area contributed by atoms with Crippen molar-refractivity contribution < 1.29 is 4.74 Å². The summed E-state index contributed by atoms with van der Waals surface area (Å²) in [6, 6.07) is 0. The SMILES string of the molecule is Cc1nc(N2CCOCC2)nc(N)c1Br. The van der Waals surface area contributed by atoms with Gasteiger partial charge in [0.05, 0.1) is 23.4 Å². The van der Waals surface area contributed by atoms with Gasteiger partial charge in [-0.1, -0.05) is 0 Å². The number of rotatable bonds is 1. The molecule has 0 bridgehead atoms. The highest BCUT2D eigenvalue weighted by atomic mass is 79.9. The van der Waals surface area contributed by atoms with Gasteiger partial charge in [0, 0.05) is 13.1 Å². The fourth-order valence-electron chi connectivity index (χ4n) is 1.47. The third kappa shape index (κ3) is 2.21. The van der Waals surface area contributed by atoms with E-state index in [4.69, 9.17) is 10.5 Å². The lowest BCUT2D eigenvalue weighted by Gasteiger charge is -2.27. The Bertz CT molecular complexity index is 342. The van der Waals surface area contributed by atoms with E-state index in [0.717, 1.165) is 36.5 Å². The number of nitrogens with two attached hydrogens (primary N) is 1. The summed E-state index contributed by atoms with van der Waals surface area (Å²) in [4.78, 5) is 10.7. The van der Waals surface area contributed by atoms with Crippen LogP contribution in [0.5, 0.6) is 0 Å². The standard InChI is InChI=1S/C9H13BrN4O/c1-6-7(10)8(11)13-9(12-6)14-2-4-15-5-3-14/h2-5H2,1H3,(H2,11,12,13). The lowest BCUT2D eigenvalue weighted by Crippen LogP contribution is -2.37. The molecule has 1 aliphatic rings. The van der Waals surface area contributed by atoms with Crippen molar-refractivity contribution in [2.24, 2.45) is 0 Å². The fourth-order valence-corrected chi connectivity index (χ4v) is 1.65. The Morgan fingerprint density at radius 3 is 2.60 bits per heavy atom. The molecule has 0 atom stereocenters. The second-order valence-electron chi connectivity index (χ2n) is 3.41. The molecule has 1 aromatic heterocycles. The highest BCUT2D eigenvalue weighted by Gasteiger charge is 2.15. The molecule has 0 aromatic carbocycles. The van der Waals surface area contributed by atoms with E-state index in [-0.39, 0.29) is 0 Å². The molecule has 0 radical (unpaired) electrons. The van der Waals surface area contributed by atoms with E-state index in [1.807, 2.05) is 6.92 Å².